The third-order valence-corrected chi connectivity index (χ3v) is 2.89. The minimum absolute atomic E-state index is 0.0125. The second-order valence-corrected chi connectivity index (χ2v) is 4.84. The van der Waals surface area contributed by atoms with Crippen LogP contribution in [0.3, 0.4) is 0 Å². The van der Waals surface area contributed by atoms with E-state index in [-0.39, 0.29) is 5.91 Å². The zero-order valence-electron chi connectivity index (χ0n) is 11.9. The van der Waals surface area contributed by atoms with Gasteiger partial charge in [-0.05, 0) is 26.1 Å². The van der Waals surface area contributed by atoms with Gasteiger partial charge in [-0.25, -0.2) is 0 Å². The maximum absolute atomic E-state index is 11.4. The highest BCUT2D eigenvalue weighted by Crippen LogP contribution is 2.17. The first-order valence-electron chi connectivity index (χ1n) is 6.51. The second kappa shape index (κ2) is 8.50. The highest BCUT2D eigenvalue weighted by Gasteiger charge is 2.07. The predicted molar refractivity (Wildman–Crippen MR) is 84.0 cm³/mol. The van der Waals surface area contributed by atoms with Crippen LogP contribution in [0, 0.1) is 0 Å². The summed E-state index contributed by atoms with van der Waals surface area (Å²) in [6.07, 6.45) is 0. The largest absolute Gasteiger partial charge is 0.492 e. The molecule has 1 amide bonds. The molecule has 0 atom stereocenters. The monoisotopic (exact) mass is 295 g/mol. The first-order chi connectivity index (χ1) is 9.54. The molecule has 0 aliphatic rings. The van der Waals surface area contributed by atoms with E-state index in [0.717, 1.165) is 5.56 Å². The fraction of sp³-hybridized carbons (Fsp3) is 0.429. The third kappa shape index (κ3) is 5.54. The molecule has 0 heterocycles. The van der Waals surface area contributed by atoms with Crippen LogP contribution in [0.2, 0.25) is 0 Å². The lowest BCUT2D eigenvalue weighted by atomic mass is 10.2. The molecule has 0 saturated carbocycles. The van der Waals surface area contributed by atoms with Crippen LogP contribution in [0.4, 0.5) is 0 Å². The Balaban J connectivity index is 2.41. The Morgan fingerprint density at radius 2 is 2.15 bits per heavy atom. The molecule has 0 aliphatic heterocycles. The number of rotatable bonds is 8. The molecule has 110 valence electrons. The van der Waals surface area contributed by atoms with Crippen molar-refractivity contribution in [3.8, 4) is 5.75 Å². The molecular weight excluding hydrogens is 274 g/mol. The molecule has 0 aliphatic carbocycles. The van der Waals surface area contributed by atoms with Crippen molar-refractivity contribution in [2.24, 2.45) is 5.73 Å². The molecule has 0 aromatic heterocycles. The number of carbonyl (C=O) groups excluding carboxylic acids is 1. The number of thiocarbonyl (C=S) groups is 1. The van der Waals surface area contributed by atoms with Crippen LogP contribution >= 0.6 is 12.2 Å². The van der Waals surface area contributed by atoms with Gasteiger partial charge in [-0.15, -0.1) is 0 Å². The average Bonchev–Trinajstić information content (AvgIpc) is 2.39. The zero-order chi connectivity index (χ0) is 15.0. The summed E-state index contributed by atoms with van der Waals surface area (Å²) in [6, 6.07) is 7.40. The van der Waals surface area contributed by atoms with E-state index in [1.54, 1.807) is 0 Å². The van der Waals surface area contributed by atoms with Crippen LogP contribution in [0.25, 0.3) is 0 Å². The summed E-state index contributed by atoms with van der Waals surface area (Å²) >= 11 is 4.97. The van der Waals surface area contributed by atoms with Crippen molar-refractivity contribution in [3.63, 3.8) is 0 Å². The summed E-state index contributed by atoms with van der Waals surface area (Å²) in [7, 11) is 1.87. The normalized spacial score (nSPS) is 10.3. The number of benzene rings is 1. The van der Waals surface area contributed by atoms with E-state index >= 15 is 0 Å². The Labute approximate surface area is 125 Å². The van der Waals surface area contributed by atoms with E-state index in [1.165, 1.54) is 0 Å². The standard InChI is InChI=1S/C14H21N3O2S/c1-3-16-13(18)10-17(2)8-9-19-12-7-5-4-6-11(12)14(15)20/h4-7H,3,8-10H2,1-2H3,(H2,15,20)(H,16,18). The first kappa shape index (κ1) is 16.4. The lowest BCUT2D eigenvalue weighted by Crippen LogP contribution is -2.36. The number of ether oxygens (including phenoxy) is 1. The molecule has 0 spiro atoms. The fourth-order valence-electron chi connectivity index (χ4n) is 1.68. The van der Waals surface area contributed by atoms with Crippen LogP contribution in [0.15, 0.2) is 24.3 Å². The Kier molecular flexibility index (Phi) is 6.97. The summed E-state index contributed by atoms with van der Waals surface area (Å²) < 4.78 is 5.67. The van der Waals surface area contributed by atoms with E-state index < -0.39 is 0 Å². The van der Waals surface area contributed by atoms with Crippen molar-refractivity contribution < 1.29 is 9.53 Å². The van der Waals surface area contributed by atoms with Crippen molar-refractivity contribution >= 4 is 23.1 Å². The van der Waals surface area contributed by atoms with Crippen LogP contribution in [0.5, 0.6) is 5.75 Å². The number of hydrogen-bond acceptors (Lipinski definition) is 4. The quantitative estimate of drug-likeness (QED) is 0.693. The molecule has 1 aromatic rings. The van der Waals surface area contributed by atoms with Crippen molar-refractivity contribution in [2.75, 3.05) is 33.3 Å². The Morgan fingerprint density at radius 3 is 2.80 bits per heavy atom. The molecule has 0 fully saturated rings. The lowest BCUT2D eigenvalue weighted by molar-refractivity contribution is -0.121. The van der Waals surface area contributed by atoms with E-state index in [2.05, 4.69) is 5.32 Å². The highest BCUT2D eigenvalue weighted by atomic mass is 32.1. The maximum Gasteiger partial charge on any atom is 0.234 e. The second-order valence-electron chi connectivity index (χ2n) is 4.40. The van der Waals surface area contributed by atoms with Gasteiger partial charge >= 0.3 is 0 Å². The molecule has 1 aromatic carbocycles. The predicted octanol–water partition coefficient (Wildman–Crippen LogP) is 0.768. The number of nitrogens with zero attached hydrogens (tertiary/aromatic N) is 1. The molecule has 5 nitrogen and oxygen atoms in total. The van der Waals surface area contributed by atoms with Gasteiger partial charge in [0.2, 0.25) is 5.91 Å². The Hall–Kier alpha value is -1.66. The minimum Gasteiger partial charge on any atom is -0.492 e. The Bertz CT molecular complexity index is 465. The van der Waals surface area contributed by atoms with Crippen molar-refractivity contribution in [1.29, 1.82) is 0 Å². The van der Waals surface area contributed by atoms with Gasteiger partial charge in [0.15, 0.2) is 0 Å². The minimum atomic E-state index is 0.0125. The molecule has 0 unspecified atom stereocenters. The Morgan fingerprint density at radius 1 is 1.45 bits per heavy atom. The van der Waals surface area contributed by atoms with Crippen LogP contribution in [0.1, 0.15) is 12.5 Å². The van der Waals surface area contributed by atoms with E-state index in [9.17, 15) is 4.79 Å². The molecule has 3 N–H and O–H groups in total. The first-order valence-corrected chi connectivity index (χ1v) is 6.92. The number of amides is 1. The number of para-hydroxylation sites is 1. The molecule has 0 bridgehead atoms. The lowest BCUT2D eigenvalue weighted by Gasteiger charge is -2.17. The number of likely N-dealkylation sites (N-methyl/N-ethyl adjacent to an activating group) is 2. The zero-order valence-corrected chi connectivity index (χ0v) is 12.7. The van der Waals surface area contributed by atoms with E-state index in [4.69, 9.17) is 22.7 Å². The summed E-state index contributed by atoms with van der Waals surface area (Å²) in [5.41, 5.74) is 6.36. The number of carbonyl (C=O) groups is 1. The summed E-state index contributed by atoms with van der Waals surface area (Å²) in [5, 5.41) is 2.75. The van der Waals surface area contributed by atoms with Gasteiger partial charge in [-0.3, -0.25) is 9.69 Å². The molecule has 1 rings (SSSR count). The van der Waals surface area contributed by atoms with Crippen LogP contribution in [-0.2, 0) is 4.79 Å². The van der Waals surface area contributed by atoms with Gasteiger partial charge in [-0.1, -0.05) is 24.4 Å². The van der Waals surface area contributed by atoms with E-state index in [1.807, 2.05) is 43.1 Å². The van der Waals surface area contributed by atoms with Gasteiger partial charge in [-0.2, -0.15) is 0 Å². The molecular formula is C14H21N3O2S. The summed E-state index contributed by atoms with van der Waals surface area (Å²) in [6.45, 7) is 4.00. The van der Waals surface area contributed by atoms with Gasteiger partial charge in [0.25, 0.3) is 0 Å². The smallest absolute Gasteiger partial charge is 0.234 e. The van der Waals surface area contributed by atoms with Gasteiger partial charge in [0, 0.05) is 13.1 Å². The summed E-state index contributed by atoms with van der Waals surface area (Å²) in [4.78, 5) is 13.6. The van der Waals surface area contributed by atoms with Crippen LogP contribution < -0.4 is 15.8 Å². The summed E-state index contributed by atoms with van der Waals surface area (Å²) in [5.74, 6) is 0.685. The van der Waals surface area contributed by atoms with Gasteiger partial charge < -0.3 is 15.8 Å². The molecule has 0 saturated heterocycles. The van der Waals surface area contributed by atoms with Crippen LogP contribution in [-0.4, -0.2) is 49.1 Å². The molecule has 20 heavy (non-hydrogen) atoms. The van der Waals surface area contributed by atoms with Crippen molar-refractivity contribution in [1.82, 2.24) is 10.2 Å². The molecule has 6 heteroatoms. The fourth-order valence-corrected chi connectivity index (χ4v) is 1.85. The number of nitrogens with one attached hydrogen (secondary N) is 1. The van der Waals surface area contributed by atoms with Crippen molar-refractivity contribution in [3.05, 3.63) is 29.8 Å². The van der Waals surface area contributed by atoms with Gasteiger partial charge in [0.05, 0.1) is 12.1 Å². The molecule has 0 radical (unpaired) electrons. The number of nitrogens with two attached hydrogens (primary N) is 1. The number of hydrogen-bond donors (Lipinski definition) is 2. The third-order valence-electron chi connectivity index (χ3n) is 2.67. The SMILES string of the molecule is CCNC(=O)CN(C)CCOc1ccccc1C(N)=S. The topological polar surface area (TPSA) is 67.6 Å². The van der Waals surface area contributed by atoms with Crippen molar-refractivity contribution in [2.45, 2.75) is 6.92 Å². The average molecular weight is 295 g/mol. The van der Waals surface area contributed by atoms with E-state index in [0.29, 0.717) is 37.0 Å². The maximum atomic E-state index is 11.4. The highest BCUT2D eigenvalue weighted by molar-refractivity contribution is 7.80. The van der Waals surface area contributed by atoms with Gasteiger partial charge in [0.1, 0.15) is 17.3 Å².